The number of benzene rings is 1. The normalized spacial score (nSPS) is 15.9. The van der Waals surface area contributed by atoms with Crippen molar-refractivity contribution in [3.8, 4) is 0 Å². The molecule has 16 heavy (non-hydrogen) atoms. The maximum atomic E-state index is 12.5. The molecule has 1 rings (SSSR count). The monoisotopic (exact) mass is 294 g/mol. The van der Waals surface area contributed by atoms with Crippen molar-refractivity contribution < 1.29 is 13.2 Å². The minimum absolute atomic E-state index is 0.122. The fourth-order valence-corrected chi connectivity index (χ4v) is 2.21. The van der Waals surface area contributed by atoms with Crippen molar-refractivity contribution in [3.05, 3.63) is 35.4 Å². The van der Waals surface area contributed by atoms with Crippen LogP contribution in [0.3, 0.4) is 0 Å². The van der Waals surface area contributed by atoms with Gasteiger partial charge in [-0.05, 0) is 24.0 Å². The van der Waals surface area contributed by atoms with Gasteiger partial charge >= 0.3 is 6.18 Å². The third kappa shape index (κ3) is 3.81. The van der Waals surface area contributed by atoms with Crippen LogP contribution in [0.1, 0.15) is 37.3 Å². The van der Waals surface area contributed by atoms with Crippen molar-refractivity contribution >= 4 is 15.9 Å². The molecule has 0 nitrogen and oxygen atoms in total. The van der Waals surface area contributed by atoms with Crippen LogP contribution in [0, 0.1) is 0 Å². The second kappa shape index (κ2) is 5.21. The number of hydrogen-bond donors (Lipinski definition) is 0. The van der Waals surface area contributed by atoms with Crippen molar-refractivity contribution in [2.75, 3.05) is 0 Å². The highest BCUT2D eigenvalue weighted by Gasteiger charge is 2.30. The molecule has 2 atom stereocenters. The predicted octanol–water partition coefficient (Wildman–Crippen LogP) is 4.98. The van der Waals surface area contributed by atoms with Gasteiger partial charge < -0.3 is 0 Å². The summed E-state index contributed by atoms with van der Waals surface area (Å²) in [6.07, 6.45) is -3.43. The Hall–Kier alpha value is -0.510. The highest BCUT2D eigenvalue weighted by Crippen LogP contribution is 2.32. The summed E-state index contributed by atoms with van der Waals surface area (Å²) in [5.41, 5.74) is 0.167. The zero-order valence-corrected chi connectivity index (χ0v) is 10.8. The highest BCUT2D eigenvalue weighted by molar-refractivity contribution is 9.09. The lowest BCUT2D eigenvalue weighted by Gasteiger charge is -2.15. The van der Waals surface area contributed by atoms with E-state index in [1.807, 2.05) is 13.8 Å². The molecule has 4 heteroatoms. The second-order valence-corrected chi connectivity index (χ2v) is 5.60. The molecule has 0 bridgehead atoms. The first-order valence-corrected chi connectivity index (χ1v) is 6.03. The molecule has 0 fully saturated rings. The van der Waals surface area contributed by atoms with Gasteiger partial charge in [-0.25, -0.2) is 0 Å². The van der Waals surface area contributed by atoms with E-state index in [0.29, 0.717) is 4.83 Å². The lowest BCUT2D eigenvalue weighted by atomic mass is 9.95. The fourth-order valence-electron chi connectivity index (χ4n) is 1.64. The molecule has 0 aliphatic carbocycles. The molecule has 0 amide bonds. The summed E-state index contributed by atoms with van der Waals surface area (Å²) in [4.78, 5) is 0.303. The molecule has 0 saturated heterocycles. The Balaban J connectivity index is 2.90. The van der Waals surface area contributed by atoms with Gasteiger partial charge in [-0.15, -0.1) is 0 Å². The average Bonchev–Trinajstić information content (AvgIpc) is 2.15. The standard InChI is InChI=1S/C12H14BrF3/c1-8(6-9(2)13)10-4-3-5-11(7-10)12(14,15)16/h3-5,7-9H,6H2,1-2H3. The summed E-state index contributed by atoms with van der Waals surface area (Å²) >= 11 is 3.41. The Morgan fingerprint density at radius 1 is 1.25 bits per heavy atom. The predicted molar refractivity (Wildman–Crippen MR) is 62.9 cm³/mol. The lowest BCUT2D eigenvalue weighted by Crippen LogP contribution is -2.07. The quantitative estimate of drug-likeness (QED) is 0.690. The molecule has 0 aliphatic rings. The van der Waals surface area contributed by atoms with E-state index in [0.717, 1.165) is 18.1 Å². The van der Waals surface area contributed by atoms with E-state index in [4.69, 9.17) is 0 Å². The molecule has 0 aliphatic heterocycles. The van der Waals surface area contributed by atoms with Gasteiger partial charge in [-0.2, -0.15) is 13.2 Å². The molecule has 0 saturated carbocycles. The molecule has 0 heterocycles. The molecule has 90 valence electrons. The van der Waals surface area contributed by atoms with E-state index in [2.05, 4.69) is 15.9 Å². The maximum absolute atomic E-state index is 12.5. The van der Waals surface area contributed by atoms with Crippen molar-refractivity contribution in [2.24, 2.45) is 0 Å². The Kier molecular flexibility index (Phi) is 4.42. The van der Waals surface area contributed by atoms with Crippen LogP contribution in [-0.2, 0) is 6.18 Å². The van der Waals surface area contributed by atoms with Crippen LogP contribution in [0.25, 0.3) is 0 Å². The van der Waals surface area contributed by atoms with Gasteiger partial charge in [0.05, 0.1) is 5.56 Å². The number of rotatable bonds is 3. The third-order valence-corrected chi connectivity index (χ3v) is 2.84. The van der Waals surface area contributed by atoms with Gasteiger partial charge in [-0.1, -0.05) is 48.0 Å². The van der Waals surface area contributed by atoms with E-state index in [9.17, 15) is 13.2 Å². The summed E-state index contributed by atoms with van der Waals surface area (Å²) in [5.74, 6) is 0.122. The van der Waals surface area contributed by atoms with E-state index in [-0.39, 0.29) is 5.92 Å². The molecule has 0 aromatic heterocycles. The Bertz CT molecular complexity index is 344. The first-order chi connectivity index (χ1) is 7.30. The van der Waals surface area contributed by atoms with Gasteiger partial charge in [0, 0.05) is 4.83 Å². The SMILES string of the molecule is CC(Br)CC(C)c1cccc(C(F)(F)F)c1. The van der Waals surface area contributed by atoms with Crippen LogP contribution in [0.4, 0.5) is 13.2 Å². The molecule has 0 radical (unpaired) electrons. The summed E-state index contributed by atoms with van der Waals surface area (Å²) in [6.45, 7) is 3.93. The van der Waals surface area contributed by atoms with E-state index in [1.165, 1.54) is 12.1 Å². The van der Waals surface area contributed by atoms with Crippen LogP contribution in [0.2, 0.25) is 0 Å². The van der Waals surface area contributed by atoms with Crippen LogP contribution >= 0.6 is 15.9 Å². The Labute approximate surface area is 102 Å². The van der Waals surface area contributed by atoms with Crippen LogP contribution < -0.4 is 0 Å². The first-order valence-electron chi connectivity index (χ1n) is 5.12. The smallest absolute Gasteiger partial charge is 0.166 e. The van der Waals surface area contributed by atoms with Gasteiger partial charge in [0.25, 0.3) is 0 Å². The molecule has 1 aromatic carbocycles. The van der Waals surface area contributed by atoms with Crippen molar-refractivity contribution in [2.45, 2.75) is 37.2 Å². The van der Waals surface area contributed by atoms with E-state index in [1.54, 1.807) is 6.07 Å². The molecule has 1 aromatic rings. The largest absolute Gasteiger partial charge is 0.416 e. The molecule has 0 spiro atoms. The third-order valence-electron chi connectivity index (χ3n) is 2.46. The van der Waals surface area contributed by atoms with Crippen LogP contribution in [0.15, 0.2) is 24.3 Å². The van der Waals surface area contributed by atoms with E-state index >= 15 is 0 Å². The van der Waals surface area contributed by atoms with E-state index < -0.39 is 11.7 Å². The highest BCUT2D eigenvalue weighted by atomic mass is 79.9. The van der Waals surface area contributed by atoms with Crippen molar-refractivity contribution in [1.82, 2.24) is 0 Å². The summed E-state index contributed by atoms with van der Waals surface area (Å²) in [6, 6.07) is 5.55. The fraction of sp³-hybridized carbons (Fsp3) is 0.500. The van der Waals surface area contributed by atoms with Crippen LogP contribution in [0.5, 0.6) is 0 Å². The summed E-state index contributed by atoms with van der Waals surface area (Å²) in [5, 5.41) is 0. The van der Waals surface area contributed by atoms with Crippen molar-refractivity contribution in [3.63, 3.8) is 0 Å². The number of hydrogen-bond acceptors (Lipinski definition) is 0. The maximum Gasteiger partial charge on any atom is 0.416 e. The zero-order valence-electron chi connectivity index (χ0n) is 9.18. The number of halogens is 4. The van der Waals surface area contributed by atoms with Crippen LogP contribution in [-0.4, -0.2) is 4.83 Å². The van der Waals surface area contributed by atoms with Gasteiger partial charge in [0.2, 0.25) is 0 Å². The van der Waals surface area contributed by atoms with Gasteiger partial charge in [-0.3, -0.25) is 0 Å². The Morgan fingerprint density at radius 2 is 1.88 bits per heavy atom. The number of alkyl halides is 4. The summed E-state index contributed by atoms with van der Waals surface area (Å²) in [7, 11) is 0. The first kappa shape index (κ1) is 13.6. The average molecular weight is 295 g/mol. The molecular weight excluding hydrogens is 281 g/mol. The van der Waals surface area contributed by atoms with Gasteiger partial charge in [0.1, 0.15) is 0 Å². The molecule has 0 N–H and O–H groups in total. The molecule has 2 unspecified atom stereocenters. The second-order valence-electron chi connectivity index (χ2n) is 4.04. The molecular formula is C12H14BrF3. The zero-order chi connectivity index (χ0) is 12.3. The minimum Gasteiger partial charge on any atom is -0.166 e. The topological polar surface area (TPSA) is 0 Å². The van der Waals surface area contributed by atoms with Gasteiger partial charge in [0.15, 0.2) is 0 Å². The van der Waals surface area contributed by atoms with Crippen molar-refractivity contribution in [1.29, 1.82) is 0 Å². The Morgan fingerprint density at radius 3 is 2.38 bits per heavy atom. The lowest BCUT2D eigenvalue weighted by molar-refractivity contribution is -0.137. The minimum atomic E-state index is -4.25. The summed E-state index contributed by atoms with van der Waals surface area (Å²) < 4.78 is 37.5.